The Labute approximate surface area is 102 Å². The van der Waals surface area contributed by atoms with E-state index in [2.05, 4.69) is 18.7 Å². The zero-order chi connectivity index (χ0) is 11.3. The van der Waals surface area contributed by atoms with Crippen LogP contribution in [0.5, 0.6) is 0 Å². The van der Waals surface area contributed by atoms with Gasteiger partial charge >= 0.3 is 0 Å². The number of aliphatic hydroxyl groups is 1. The fraction of sp³-hybridized carbons (Fsp3) is 0.909. The van der Waals surface area contributed by atoms with E-state index in [1.807, 2.05) is 0 Å². The van der Waals surface area contributed by atoms with Crippen LogP contribution in [-0.2, 0) is 0 Å². The Morgan fingerprint density at radius 1 is 1.33 bits per heavy atom. The Balaban J connectivity index is 2.41. The van der Waals surface area contributed by atoms with Crippen LogP contribution in [-0.4, -0.2) is 38.8 Å². The van der Waals surface area contributed by atoms with Crippen molar-refractivity contribution in [2.45, 2.75) is 50.9 Å². The van der Waals surface area contributed by atoms with E-state index < -0.39 is 0 Å². The molecule has 2 atom stereocenters. The van der Waals surface area contributed by atoms with E-state index in [4.69, 9.17) is 12.2 Å². The molecule has 1 rings (SSSR count). The number of hydrogen-bond acceptors (Lipinski definition) is 3. The molecule has 1 fully saturated rings. The fourth-order valence-electron chi connectivity index (χ4n) is 1.90. The van der Waals surface area contributed by atoms with Crippen LogP contribution in [0.2, 0.25) is 0 Å². The SMILES string of the molecule is CCN(CC)C(=S)S[C@@H]1CCCC[C@H]1O. The normalized spacial score (nSPS) is 26.3. The van der Waals surface area contributed by atoms with Crippen LogP contribution in [0.3, 0.4) is 0 Å². The monoisotopic (exact) mass is 247 g/mol. The molecule has 0 spiro atoms. The van der Waals surface area contributed by atoms with Crippen molar-refractivity contribution in [2.75, 3.05) is 13.1 Å². The number of thiocarbonyl (C=S) groups is 1. The Morgan fingerprint density at radius 2 is 1.93 bits per heavy atom. The molecule has 0 aromatic rings. The zero-order valence-corrected chi connectivity index (χ0v) is 11.2. The molecule has 0 aromatic carbocycles. The fourth-order valence-corrected chi connectivity index (χ4v) is 3.77. The molecule has 1 aliphatic rings. The van der Waals surface area contributed by atoms with Gasteiger partial charge < -0.3 is 10.0 Å². The smallest absolute Gasteiger partial charge is 0.136 e. The van der Waals surface area contributed by atoms with E-state index >= 15 is 0 Å². The molecular weight excluding hydrogens is 226 g/mol. The lowest BCUT2D eigenvalue weighted by molar-refractivity contribution is 0.137. The van der Waals surface area contributed by atoms with E-state index in [9.17, 15) is 5.11 Å². The maximum absolute atomic E-state index is 9.85. The topological polar surface area (TPSA) is 23.5 Å². The van der Waals surface area contributed by atoms with Gasteiger partial charge in [-0.05, 0) is 26.7 Å². The first-order valence-corrected chi connectivity index (χ1v) is 7.11. The van der Waals surface area contributed by atoms with Gasteiger partial charge in [0.15, 0.2) is 0 Å². The van der Waals surface area contributed by atoms with Gasteiger partial charge in [0.1, 0.15) is 4.32 Å². The molecule has 1 N–H and O–H groups in total. The van der Waals surface area contributed by atoms with Crippen molar-refractivity contribution < 1.29 is 5.11 Å². The highest BCUT2D eigenvalue weighted by molar-refractivity contribution is 8.23. The van der Waals surface area contributed by atoms with E-state index in [-0.39, 0.29) is 6.10 Å². The highest BCUT2D eigenvalue weighted by atomic mass is 32.2. The summed E-state index contributed by atoms with van der Waals surface area (Å²) >= 11 is 7.08. The minimum atomic E-state index is -0.155. The van der Waals surface area contributed by atoms with Crippen LogP contribution in [0.25, 0.3) is 0 Å². The molecule has 1 aliphatic carbocycles. The zero-order valence-electron chi connectivity index (χ0n) is 9.61. The van der Waals surface area contributed by atoms with Crippen LogP contribution < -0.4 is 0 Å². The molecule has 0 saturated heterocycles. The molecule has 2 nitrogen and oxygen atoms in total. The average Bonchev–Trinajstić information content (AvgIpc) is 2.23. The predicted molar refractivity (Wildman–Crippen MR) is 71.4 cm³/mol. The average molecular weight is 247 g/mol. The lowest BCUT2D eigenvalue weighted by Gasteiger charge is -2.30. The minimum absolute atomic E-state index is 0.155. The molecule has 4 heteroatoms. The summed E-state index contributed by atoms with van der Waals surface area (Å²) in [5.74, 6) is 0. The molecule has 0 amide bonds. The molecule has 1 saturated carbocycles. The van der Waals surface area contributed by atoms with Crippen molar-refractivity contribution in [1.82, 2.24) is 4.90 Å². The lowest BCUT2D eigenvalue weighted by Crippen LogP contribution is -2.33. The molecular formula is C11H21NOS2. The van der Waals surface area contributed by atoms with Gasteiger partial charge in [-0.2, -0.15) is 0 Å². The van der Waals surface area contributed by atoms with Crippen LogP contribution in [0, 0.1) is 0 Å². The highest BCUT2D eigenvalue weighted by Crippen LogP contribution is 2.30. The number of nitrogens with zero attached hydrogens (tertiary/aromatic N) is 1. The van der Waals surface area contributed by atoms with Gasteiger partial charge in [-0.15, -0.1) is 0 Å². The van der Waals surface area contributed by atoms with Crippen molar-refractivity contribution in [3.05, 3.63) is 0 Å². The molecule has 88 valence electrons. The number of aliphatic hydroxyl groups excluding tert-OH is 1. The van der Waals surface area contributed by atoms with Crippen LogP contribution >= 0.6 is 24.0 Å². The van der Waals surface area contributed by atoms with Gasteiger partial charge in [-0.25, -0.2) is 0 Å². The van der Waals surface area contributed by atoms with Crippen molar-refractivity contribution in [2.24, 2.45) is 0 Å². The summed E-state index contributed by atoms with van der Waals surface area (Å²) in [5.41, 5.74) is 0. The predicted octanol–water partition coefficient (Wildman–Crippen LogP) is 2.65. The van der Waals surface area contributed by atoms with Crippen LogP contribution in [0.4, 0.5) is 0 Å². The molecule has 0 unspecified atom stereocenters. The van der Waals surface area contributed by atoms with E-state index in [0.29, 0.717) is 5.25 Å². The highest BCUT2D eigenvalue weighted by Gasteiger charge is 2.25. The van der Waals surface area contributed by atoms with E-state index in [0.717, 1.165) is 36.7 Å². The third-order valence-corrected chi connectivity index (χ3v) is 4.80. The molecule has 15 heavy (non-hydrogen) atoms. The van der Waals surface area contributed by atoms with Gasteiger partial charge in [-0.3, -0.25) is 0 Å². The first kappa shape index (κ1) is 13.3. The summed E-state index contributed by atoms with van der Waals surface area (Å²) in [6.45, 7) is 6.16. The van der Waals surface area contributed by atoms with Gasteiger partial charge in [-0.1, -0.05) is 36.8 Å². The van der Waals surface area contributed by atoms with Crippen molar-refractivity contribution in [3.8, 4) is 0 Å². The van der Waals surface area contributed by atoms with Crippen molar-refractivity contribution in [3.63, 3.8) is 0 Å². The first-order valence-electron chi connectivity index (χ1n) is 5.82. The maximum Gasteiger partial charge on any atom is 0.136 e. The van der Waals surface area contributed by atoms with Gasteiger partial charge in [0.05, 0.1) is 6.10 Å². The third-order valence-electron chi connectivity index (χ3n) is 2.94. The Bertz CT molecular complexity index is 207. The van der Waals surface area contributed by atoms with Crippen molar-refractivity contribution in [1.29, 1.82) is 0 Å². The quantitative estimate of drug-likeness (QED) is 0.775. The van der Waals surface area contributed by atoms with Crippen LogP contribution in [0.15, 0.2) is 0 Å². The summed E-state index contributed by atoms with van der Waals surface area (Å²) in [6, 6.07) is 0. The second-order valence-corrected chi connectivity index (χ2v) is 5.82. The van der Waals surface area contributed by atoms with Gasteiger partial charge in [0.2, 0.25) is 0 Å². The summed E-state index contributed by atoms with van der Waals surface area (Å²) in [6.07, 6.45) is 4.29. The Morgan fingerprint density at radius 3 is 2.47 bits per heavy atom. The Kier molecular flexibility index (Phi) is 5.94. The first-order chi connectivity index (χ1) is 7.19. The van der Waals surface area contributed by atoms with E-state index in [1.165, 1.54) is 6.42 Å². The molecule has 0 aliphatic heterocycles. The molecule has 0 radical (unpaired) electrons. The minimum Gasteiger partial charge on any atom is -0.392 e. The van der Waals surface area contributed by atoms with E-state index in [1.54, 1.807) is 11.8 Å². The number of rotatable bonds is 3. The standard InChI is InChI=1S/C11H21NOS2/c1-3-12(4-2)11(14)15-10-8-6-5-7-9(10)13/h9-10,13H,3-8H2,1-2H3/t9-,10-/m1/s1. The van der Waals surface area contributed by atoms with Crippen LogP contribution in [0.1, 0.15) is 39.5 Å². The maximum atomic E-state index is 9.85. The largest absolute Gasteiger partial charge is 0.392 e. The summed E-state index contributed by atoms with van der Waals surface area (Å²) in [5, 5.41) is 10.2. The second-order valence-electron chi connectivity index (χ2n) is 3.95. The lowest BCUT2D eigenvalue weighted by atomic mass is 9.97. The third kappa shape index (κ3) is 3.93. The number of hydrogen-bond donors (Lipinski definition) is 1. The summed E-state index contributed by atoms with van der Waals surface area (Å²) in [7, 11) is 0. The summed E-state index contributed by atoms with van der Waals surface area (Å²) < 4.78 is 0.950. The summed E-state index contributed by atoms with van der Waals surface area (Å²) in [4.78, 5) is 2.18. The van der Waals surface area contributed by atoms with Crippen molar-refractivity contribution >= 4 is 28.3 Å². The van der Waals surface area contributed by atoms with Gasteiger partial charge in [0.25, 0.3) is 0 Å². The molecule has 0 bridgehead atoms. The molecule has 0 heterocycles. The molecule has 0 aromatic heterocycles. The Hall–Kier alpha value is 0.200. The van der Waals surface area contributed by atoms with Gasteiger partial charge in [0, 0.05) is 18.3 Å². The second kappa shape index (κ2) is 6.71. The number of thioether (sulfide) groups is 1.